The van der Waals surface area contributed by atoms with Crippen molar-refractivity contribution in [3.63, 3.8) is 0 Å². The highest BCUT2D eigenvalue weighted by atomic mass is 35.5. The molecule has 0 unspecified atom stereocenters. The number of aryl methyl sites for hydroxylation is 1. The molecule has 3 rings (SSSR count). The summed E-state index contributed by atoms with van der Waals surface area (Å²) in [4.78, 5) is 15.6. The summed E-state index contributed by atoms with van der Waals surface area (Å²) in [6.45, 7) is 0. The molecular formula is C16H12ClF2N3O2. The van der Waals surface area contributed by atoms with E-state index in [9.17, 15) is 13.6 Å². The molecule has 8 heteroatoms. The second-order valence-electron chi connectivity index (χ2n) is 5.13. The number of ether oxygens (including phenoxy) is 1. The van der Waals surface area contributed by atoms with Crippen molar-refractivity contribution in [3.05, 3.63) is 46.7 Å². The number of esters is 1. The fraction of sp³-hybridized carbons (Fsp3) is 0.125. The normalized spacial score (nSPS) is 11.0. The van der Waals surface area contributed by atoms with E-state index in [0.29, 0.717) is 5.39 Å². The van der Waals surface area contributed by atoms with Crippen LogP contribution in [0, 0.1) is 11.6 Å². The number of nitrogens with zero attached hydrogens (tertiary/aromatic N) is 2. The van der Waals surface area contributed by atoms with Crippen LogP contribution in [0.2, 0.25) is 5.02 Å². The van der Waals surface area contributed by atoms with E-state index in [2.05, 4.69) is 9.72 Å². The van der Waals surface area contributed by atoms with Crippen molar-refractivity contribution < 1.29 is 18.3 Å². The van der Waals surface area contributed by atoms with Crippen molar-refractivity contribution in [1.29, 1.82) is 0 Å². The zero-order valence-electron chi connectivity index (χ0n) is 12.7. The minimum absolute atomic E-state index is 0.129. The largest absolute Gasteiger partial charge is 0.464 e. The summed E-state index contributed by atoms with van der Waals surface area (Å²) >= 11 is 5.85. The molecule has 0 radical (unpaired) electrons. The molecule has 0 atom stereocenters. The third-order valence-electron chi connectivity index (χ3n) is 3.72. The Morgan fingerprint density at radius 3 is 2.67 bits per heavy atom. The Morgan fingerprint density at radius 2 is 2.00 bits per heavy atom. The quantitative estimate of drug-likeness (QED) is 0.717. The van der Waals surface area contributed by atoms with Gasteiger partial charge in [0.05, 0.1) is 23.3 Å². The summed E-state index contributed by atoms with van der Waals surface area (Å²) < 4.78 is 35.5. The number of aromatic nitrogens is 2. The van der Waals surface area contributed by atoms with Crippen LogP contribution in [0.25, 0.3) is 22.2 Å². The number of carbonyl (C=O) groups excluding carboxylic acids is 1. The number of hydrogen-bond donors (Lipinski definition) is 1. The standard InChI is InChI=1S/C16H12ClF2N3O2/c1-22-6-5-7-3-4-8(10(18)15(7)22)13-11(19)12(20)9(17)14(21-13)16(23)24-2/h3-6H,1-2H3,(H2,20,21). The highest BCUT2D eigenvalue weighted by molar-refractivity contribution is 6.35. The summed E-state index contributed by atoms with van der Waals surface area (Å²) in [5.74, 6) is -2.57. The van der Waals surface area contributed by atoms with Gasteiger partial charge in [-0.05, 0) is 12.1 Å². The van der Waals surface area contributed by atoms with Gasteiger partial charge in [-0.1, -0.05) is 17.7 Å². The molecule has 3 aromatic rings. The second-order valence-corrected chi connectivity index (χ2v) is 5.51. The molecule has 0 aliphatic heterocycles. The van der Waals surface area contributed by atoms with Crippen LogP contribution in [0.4, 0.5) is 14.5 Å². The van der Waals surface area contributed by atoms with Crippen molar-refractivity contribution in [1.82, 2.24) is 9.55 Å². The number of methoxy groups -OCH3 is 1. The van der Waals surface area contributed by atoms with Gasteiger partial charge in [0, 0.05) is 24.2 Å². The first-order valence-electron chi connectivity index (χ1n) is 6.83. The predicted molar refractivity (Wildman–Crippen MR) is 86.8 cm³/mol. The third kappa shape index (κ3) is 2.28. The second kappa shape index (κ2) is 5.76. The molecule has 0 saturated heterocycles. The van der Waals surface area contributed by atoms with Crippen LogP contribution in [-0.4, -0.2) is 22.6 Å². The molecule has 0 spiro atoms. The van der Waals surface area contributed by atoms with Crippen molar-refractivity contribution in [2.75, 3.05) is 12.8 Å². The first kappa shape index (κ1) is 16.2. The van der Waals surface area contributed by atoms with E-state index in [0.717, 1.165) is 7.11 Å². The maximum absolute atomic E-state index is 14.9. The lowest BCUT2D eigenvalue weighted by Gasteiger charge is -2.12. The zero-order valence-corrected chi connectivity index (χ0v) is 13.5. The van der Waals surface area contributed by atoms with Crippen LogP contribution in [0.1, 0.15) is 10.5 Å². The van der Waals surface area contributed by atoms with Crippen LogP contribution in [0.15, 0.2) is 24.4 Å². The van der Waals surface area contributed by atoms with Gasteiger partial charge in [0.15, 0.2) is 17.3 Å². The van der Waals surface area contributed by atoms with Crippen molar-refractivity contribution in [3.8, 4) is 11.3 Å². The minimum atomic E-state index is -1.000. The number of halogens is 3. The molecule has 0 amide bonds. The minimum Gasteiger partial charge on any atom is -0.464 e. The van der Waals surface area contributed by atoms with Gasteiger partial charge >= 0.3 is 5.97 Å². The smallest absolute Gasteiger partial charge is 0.358 e. The summed E-state index contributed by atoms with van der Waals surface area (Å²) in [5.41, 5.74) is 4.48. The topological polar surface area (TPSA) is 70.1 Å². The molecule has 124 valence electrons. The third-order valence-corrected chi connectivity index (χ3v) is 4.11. The Labute approximate surface area is 140 Å². The molecule has 24 heavy (non-hydrogen) atoms. The summed E-state index contributed by atoms with van der Waals surface area (Å²) in [6, 6.07) is 4.72. The molecule has 0 fully saturated rings. The van der Waals surface area contributed by atoms with E-state index in [4.69, 9.17) is 17.3 Å². The Kier molecular flexibility index (Phi) is 3.88. The van der Waals surface area contributed by atoms with Crippen LogP contribution in [0.3, 0.4) is 0 Å². The lowest BCUT2D eigenvalue weighted by Crippen LogP contribution is -2.11. The van der Waals surface area contributed by atoms with E-state index < -0.39 is 29.0 Å². The molecule has 5 nitrogen and oxygen atoms in total. The SMILES string of the molecule is COC(=O)c1nc(-c2ccc3ccn(C)c3c2F)c(F)c(N)c1Cl. The fourth-order valence-electron chi connectivity index (χ4n) is 2.49. The Bertz CT molecular complexity index is 985. The summed E-state index contributed by atoms with van der Waals surface area (Å²) in [6.07, 6.45) is 1.68. The highest BCUT2D eigenvalue weighted by Gasteiger charge is 2.25. The summed E-state index contributed by atoms with van der Waals surface area (Å²) in [5, 5.41) is 0.276. The fourth-order valence-corrected chi connectivity index (χ4v) is 2.70. The van der Waals surface area contributed by atoms with Gasteiger partial charge in [-0.3, -0.25) is 0 Å². The van der Waals surface area contributed by atoms with E-state index in [1.165, 1.54) is 6.07 Å². The number of hydrogen-bond acceptors (Lipinski definition) is 4. The molecule has 0 bridgehead atoms. The van der Waals surface area contributed by atoms with Gasteiger partial charge in [-0.25, -0.2) is 18.6 Å². The van der Waals surface area contributed by atoms with Gasteiger partial charge in [0.2, 0.25) is 0 Å². The van der Waals surface area contributed by atoms with Gasteiger partial charge in [-0.15, -0.1) is 0 Å². The first-order chi connectivity index (χ1) is 11.4. The van der Waals surface area contributed by atoms with Crippen LogP contribution in [0.5, 0.6) is 0 Å². The molecule has 2 aromatic heterocycles. The Hall–Kier alpha value is -2.67. The van der Waals surface area contributed by atoms with Crippen LogP contribution >= 0.6 is 11.6 Å². The lowest BCUT2D eigenvalue weighted by atomic mass is 10.1. The average Bonchev–Trinajstić information content (AvgIpc) is 2.95. The number of anilines is 1. The number of rotatable bonds is 2. The lowest BCUT2D eigenvalue weighted by molar-refractivity contribution is 0.0594. The van der Waals surface area contributed by atoms with E-state index >= 15 is 0 Å². The van der Waals surface area contributed by atoms with Gasteiger partial charge in [0.25, 0.3) is 0 Å². The van der Waals surface area contributed by atoms with Gasteiger partial charge in [-0.2, -0.15) is 0 Å². The molecule has 2 N–H and O–H groups in total. The van der Waals surface area contributed by atoms with Gasteiger partial charge in [0.1, 0.15) is 5.69 Å². The number of nitrogens with two attached hydrogens (primary N) is 1. The Balaban J connectivity index is 2.34. The van der Waals surface area contributed by atoms with E-state index in [1.54, 1.807) is 29.9 Å². The average molecular weight is 352 g/mol. The van der Waals surface area contributed by atoms with Gasteiger partial charge < -0.3 is 15.0 Å². The zero-order chi connectivity index (χ0) is 17.6. The molecule has 0 aliphatic rings. The number of benzene rings is 1. The maximum atomic E-state index is 14.9. The van der Waals surface area contributed by atoms with E-state index in [-0.39, 0.29) is 21.8 Å². The molecule has 0 saturated carbocycles. The Morgan fingerprint density at radius 1 is 1.29 bits per heavy atom. The predicted octanol–water partition coefficient (Wildman–Crippen LogP) is 3.54. The monoisotopic (exact) mass is 351 g/mol. The van der Waals surface area contributed by atoms with Crippen molar-refractivity contribution in [2.24, 2.45) is 7.05 Å². The number of nitrogen functional groups attached to an aromatic ring is 1. The first-order valence-corrected chi connectivity index (χ1v) is 7.21. The van der Waals surface area contributed by atoms with Crippen LogP contribution < -0.4 is 5.73 Å². The van der Waals surface area contributed by atoms with Crippen molar-refractivity contribution in [2.45, 2.75) is 0 Å². The number of carbonyl (C=O) groups is 1. The highest BCUT2D eigenvalue weighted by Crippen LogP contribution is 2.35. The molecule has 2 heterocycles. The van der Waals surface area contributed by atoms with Crippen molar-refractivity contribution >= 4 is 34.2 Å². The molecule has 0 aliphatic carbocycles. The maximum Gasteiger partial charge on any atom is 0.358 e. The molecule has 1 aromatic carbocycles. The molecular weight excluding hydrogens is 340 g/mol. The van der Waals surface area contributed by atoms with Crippen LogP contribution in [-0.2, 0) is 11.8 Å². The summed E-state index contributed by atoms with van der Waals surface area (Å²) in [7, 11) is 2.78. The van der Waals surface area contributed by atoms with E-state index in [1.807, 2.05) is 0 Å². The number of fused-ring (bicyclic) bond motifs is 1. The number of pyridine rings is 1.